The smallest absolute Gasteiger partial charge is 0.177 e. The van der Waals surface area contributed by atoms with Gasteiger partial charge in [0.25, 0.3) is 0 Å². The van der Waals surface area contributed by atoms with Crippen molar-refractivity contribution in [3.05, 3.63) is 35.9 Å². The zero-order chi connectivity index (χ0) is 10.7. The van der Waals surface area contributed by atoms with Gasteiger partial charge in [0.2, 0.25) is 0 Å². The molecule has 2 rings (SSSR count). The molecule has 0 amide bonds. The zero-order valence-corrected chi connectivity index (χ0v) is 8.64. The first kappa shape index (κ1) is 9.90. The van der Waals surface area contributed by atoms with Gasteiger partial charge in [-0.3, -0.25) is 4.79 Å². The molecule has 1 atom stereocenters. The van der Waals surface area contributed by atoms with E-state index in [9.17, 15) is 4.79 Å². The number of carbonyl (C=O) groups excluding carboxylic acids is 1. The van der Waals surface area contributed by atoms with E-state index < -0.39 is 0 Å². The summed E-state index contributed by atoms with van der Waals surface area (Å²) in [4.78, 5) is 16.2. The van der Waals surface area contributed by atoms with Gasteiger partial charge in [0, 0.05) is 19.8 Å². The van der Waals surface area contributed by atoms with Crippen molar-refractivity contribution in [2.24, 2.45) is 5.16 Å². The molecular weight excluding hydrogens is 190 g/mol. The molecule has 15 heavy (non-hydrogen) atoms. The number of benzene rings is 1. The van der Waals surface area contributed by atoms with Crippen molar-refractivity contribution in [3.8, 4) is 0 Å². The number of hydrogen-bond donors (Lipinski definition) is 0. The van der Waals surface area contributed by atoms with Crippen LogP contribution in [0.1, 0.15) is 18.9 Å². The van der Waals surface area contributed by atoms with Gasteiger partial charge >= 0.3 is 0 Å². The van der Waals surface area contributed by atoms with E-state index >= 15 is 0 Å². The Balaban J connectivity index is 1.93. The van der Waals surface area contributed by atoms with E-state index in [2.05, 4.69) is 17.3 Å². The quantitative estimate of drug-likeness (QED) is 0.753. The van der Waals surface area contributed by atoms with E-state index in [1.165, 1.54) is 12.5 Å². The van der Waals surface area contributed by atoms with Crippen LogP contribution >= 0.6 is 0 Å². The molecule has 0 saturated carbocycles. The Hall–Kier alpha value is -1.64. The third kappa shape index (κ3) is 2.43. The van der Waals surface area contributed by atoms with Crippen LogP contribution in [-0.4, -0.2) is 17.6 Å². The van der Waals surface area contributed by atoms with Crippen LogP contribution in [0.15, 0.2) is 35.5 Å². The van der Waals surface area contributed by atoms with E-state index in [-0.39, 0.29) is 11.9 Å². The Kier molecular flexibility index (Phi) is 2.81. The topological polar surface area (TPSA) is 38.7 Å². The van der Waals surface area contributed by atoms with Crippen molar-refractivity contribution >= 4 is 11.5 Å². The first-order valence-corrected chi connectivity index (χ1v) is 5.03. The van der Waals surface area contributed by atoms with Gasteiger partial charge in [-0.25, -0.2) is 0 Å². The summed E-state index contributed by atoms with van der Waals surface area (Å²) in [6.45, 7) is 1.52. The van der Waals surface area contributed by atoms with Crippen molar-refractivity contribution in [1.82, 2.24) is 0 Å². The lowest BCUT2D eigenvalue weighted by molar-refractivity contribution is -0.111. The van der Waals surface area contributed by atoms with Crippen LogP contribution in [0.25, 0.3) is 0 Å². The highest BCUT2D eigenvalue weighted by molar-refractivity contribution is 6.39. The van der Waals surface area contributed by atoms with Gasteiger partial charge in [0.15, 0.2) is 5.78 Å². The van der Waals surface area contributed by atoms with E-state index in [4.69, 9.17) is 4.84 Å². The Morgan fingerprint density at radius 3 is 2.80 bits per heavy atom. The molecule has 0 aliphatic carbocycles. The maximum absolute atomic E-state index is 11.0. The van der Waals surface area contributed by atoms with Gasteiger partial charge in [0.05, 0.1) is 0 Å². The number of carbonyl (C=O) groups is 1. The molecule has 1 aromatic rings. The predicted octanol–water partition coefficient (Wildman–Crippen LogP) is 1.96. The summed E-state index contributed by atoms with van der Waals surface area (Å²) in [5, 5.41) is 3.78. The number of rotatable bonds is 3. The Morgan fingerprint density at radius 2 is 2.20 bits per heavy atom. The lowest BCUT2D eigenvalue weighted by Crippen LogP contribution is -2.14. The van der Waals surface area contributed by atoms with Crippen molar-refractivity contribution in [3.63, 3.8) is 0 Å². The second-order valence-electron chi connectivity index (χ2n) is 3.72. The molecule has 0 saturated heterocycles. The molecule has 0 fully saturated rings. The fraction of sp³-hybridized carbons (Fsp3) is 0.333. The molecule has 0 aromatic heterocycles. The predicted molar refractivity (Wildman–Crippen MR) is 57.8 cm³/mol. The molecule has 78 valence electrons. The molecule has 1 aliphatic rings. The van der Waals surface area contributed by atoms with E-state index in [1.807, 2.05) is 18.2 Å². The van der Waals surface area contributed by atoms with Crippen molar-refractivity contribution in [1.29, 1.82) is 0 Å². The van der Waals surface area contributed by atoms with Gasteiger partial charge in [-0.2, -0.15) is 0 Å². The number of nitrogens with zero attached hydrogens (tertiary/aromatic N) is 1. The minimum absolute atomic E-state index is 0.00515. The summed E-state index contributed by atoms with van der Waals surface area (Å²) in [6.07, 6.45) is 1.46. The summed E-state index contributed by atoms with van der Waals surface area (Å²) in [6, 6.07) is 10.1. The molecule has 0 radical (unpaired) electrons. The number of oxime groups is 1. The molecule has 3 heteroatoms. The summed E-state index contributed by atoms with van der Waals surface area (Å²) in [5.74, 6) is 0.00515. The Bertz CT molecular complexity index is 384. The molecule has 1 unspecified atom stereocenters. The first-order valence-electron chi connectivity index (χ1n) is 5.03. The molecule has 0 N–H and O–H groups in total. The maximum Gasteiger partial charge on any atom is 0.177 e. The standard InChI is InChI=1S/C12H13NO2/c1-9(14)12-8-11(15-13-12)7-10-5-3-2-4-6-10/h2-6,11H,7-8H2,1H3. The maximum atomic E-state index is 11.0. The fourth-order valence-corrected chi connectivity index (χ4v) is 1.62. The van der Waals surface area contributed by atoms with Crippen molar-refractivity contribution < 1.29 is 9.63 Å². The molecular formula is C12H13NO2. The van der Waals surface area contributed by atoms with Gasteiger partial charge in [-0.05, 0) is 5.56 Å². The van der Waals surface area contributed by atoms with Crippen LogP contribution in [0.3, 0.4) is 0 Å². The number of Topliss-reactive ketones (excluding diaryl/α,β-unsaturated/α-hetero) is 1. The SMILES string of the molecule is CC(=O)C1=NOC(Cc2ccccc2)C1. The lowest BCUT2D eigenvalue weighted by atomic mass is 10.0. The van der Waals surface area contributed by atoms with Gasteiger partial charge in [0.1, 0.15) is 11.8 Å². The molecule has 3 nitrogen and oxygen atoms in total. The highest BCUT2D eigenvalue weighted by atomic mass is 16.6. The Morgan fingerprint density at radius 1 is 1.47 bits per heavy atom. The average Bonchev–Trinajstić information content (AvgIpc) is 2.68. The van der Waals surface area contributed by atoms with Crippen LogP contribution in [0, 0.1) is 0 Å². The van der Waals surface area contributed by atoms with Crippen LogP contribution in [0.5, 0.6) is 0 Å². The molecule has 1 aromatic carbocycles. The van der Waals surface area contributed by atoms with Crippen LogP contribution in [0.4, 0.5) is 0 Å². The number of ketones is 1. The second kappa shape index (κ2) is 4.26. The molecule has 1 aliphatic heterocycles. The zero-order valence-electron chi connectivity index (χ0n) is 8.64. The van der Waals surface area contributed by atoms with E-state index in [0.717, 1.165) is 6.42 Å². The second-order valence-corrected chi connectivity index (χ2v) is 3.72. The summed E-state index contributed by atoms with van der Waals surface area (Å²) in [7, 11) is 0. The lowest BCUT2D eigenvalue weighted by Gasteiger charge is -2.07. The Labute approximate surface area is 88.7 Å². The van der Waals surface area contributed by atoms with Gasteiger partial charge in [-0.1, -0.05) is 35.5 Å². The fourth-order valence-electron chi connectivity index (χ4n) is 1.62. The summed E-state index contributed by atoms with van der Waals surface area (Å²) < 4.78 is 0. The number of hydrogen-bond acceptors (Lipinski definition) is 3. The third-order valence-electron chi connectivity index (χ3n) is 2.45. The highest BCUT2D eigenvalue weighted by Crippen LogP contribution is 2.16. The van der Waals surface area contributed by atoms with Crippen molar-refractivity contribution in [2.45, 2.75) is 25.9 Å². The summed E-state index contributed by atoms with van der Waals surface area (Å²) >= 11 is 0. The van der Waals surface area contributed by atoms with Gasteiger partial charge in [-0.15, -0.1) is 0 Å². The van der Waals surface area contributed by atoms with E-state index in [0.29, 0.717) is 12.1 Å². The summed E-state index contributed by atoms with van der Waals surface area (Å²) in [5.41, 5.74) is 1.76. The van der Waals surface area contributed by atoms with Crippen LogP contribution in [0.2, 0.25) is 0 Å². The monoisotopic (exact) mass is 203 g/mol. The third-order valence-corrected chi connectivity index (χ3v) is 2.45. The van der Waals surface area contributed by atoms with Gasteiger partial charge < -0.3 is 4.84 Å². The molecule has 0 spiro atoms. The van der Waals surface area contributed by atoms with Crippen LogP contribution < -0.4 is 0 Å². The van der Waals surface area contributed by atoms with Crippen LogP contribution in [-0.2, 0) is 16.1 Å². The minimum atomic E-state index is 0.00515. The largest absolute Gasteiger partial charge is 0.391 e. The van der Waals surface area contributed by atoms with Crippen molar-refractivity contribution in [2.75, 3.05) is 0 Å². The first-order chi connectivity index (χ1) is 7.25. The highest BCUT2D eigenvalue weighted by Gasteiger charge is 2.23. The van der Waals surface area contributed by atoms with E-state index in [1.54, 1.807) is 0 Å². The average molecular weight is 203 g/mol. The minimum Gasteiger partial charge on any atom is -0.391 e. The normalized spacial score (nSPS) is 19.5. The molecule has 0 bridgehead atoms. The molecule has 1 heterocycles.